The Morgan fingerprint density at radius 2 is 2.08 bits per heavy atom. The Kier molecular flexibility index (Phi) is 5.13. The molecule has 0 saturated carbocycles. The zero-order chi connectivity index (χ0) is 18.0. The first kappa shape index (κ1) is 17.9. The van der Waals surface area contributed by atoms with Crippen LogP contribution in [0.25, 0.3) is 0 Å². The minimum atomic E-state index is -0.609. The van der Waals surface area contributed by atoms with Crippen LogP contribution >= 0.6 is 11.3 Å². The number of benzene rings is 1. The second kappa shape index (κ2) is 7.16. The van der Waals surface area contributed by atoms with Gasteiger partial charge in [0, 0.05) is 17.5 Å². The molecule has 2 heterocycles. The highest BCUT2D eigenvalue weighted by atomic mass is 32.1. The fourth-order valence-corrected chi connectivity index (χ4v) is 4.00. The second-order valence-corrected chi connectivity index (χ2v) is 8.41. The van der Waals surface area contributed by atoms with Crippen LogP contribution in [0, 0.1) is 18.8 Å². The molecule has 0 amide bonds. The number of ether oxygens (including phenoxy) is 1. The molecular weight excluding hydrogens is 332 g/mol. The van der Waals surface area contributed by atoms with E-state index < -0.39 is 5.60 Å². The Labute approximate surface area is 153 Å². The van der Waals surface area contributed by atoms with Gasteiger partial charge in [0.2, 0.25) is 0 Å². The molecule has 25 heavy (non-hydrogen) atoms. The Morgan fingerprint density at radius 1 is 1.36 bits per heavy atom. The highest BCUT2D eigenvalue weighted by molar-refractivity contribution is 7.13. The summed E-state index contributed by atoms with van der Waals surface area (Å²) in [6.07, 6.45) is 2.66. The molecule has 1 fully saturated rings. The Bertz CT molecular complexity index is 738. The van der Waals surface area contributed by atoms with Crippen molar-refractivity contribution in [2.24, 2.45) is 11.8 Å². The summed E-state index contributed by atoms with van der Waals surface area (Å²) in [6, 6.07) is 8.21. The van der Waals surface area contributed by atoms with Gasteiger partial charge < -0.3 is 10.1 Å². The molecule has 5 heteroatoms. The molecule has 2 aromatic rings. The van der Waals surface area contributed by atoms with Crippen molar-refractivity contribution in [1.82, 2.24) is 4.98 Å². The van der Waals surface area contributed by atoms with E-state index in [9.17, 15) is 4.79 Å². The highest BCUT2D eigenvalue weighted by Crippen LogP contribution is 2.42. The second-order valence-electron chi connectivity index (χ2n) is 7.55. The summed E-state index contributed by atoms with van der Waals surface area (Å²) in [5.41, 5.74) is 2.47. The van der Waals surface area contributed by atoms with Crippen molar-refractivity contribution >= 4 is 28.1 Å². The van der Waals surface area contributed by atoms with Gasteiger partial charge in [-0.15, -0.1) is 11.3 Å². The van der Waals surface area contributed by atoms with Crippen LogP contribution in [-0.4, -0.2) is 11.0 Å². The average Bonchev–Trinajstić information content (AvgIpc) is 3.13. The normalized spacial score (nSPS) is 23.1. The van der Waals surface area contributed by atoms with Gasteiger partial charge in [0.25, 0.3) is 0 Å². The van der Waals surface area contributed by atoms with Gasteiger partial charge in [0.05, 0.1) is 11.6 Å². The maximum absolute atomic E-state index is 12.2. The highest BCUT2D eigenvalue weighted by Gasteiger charge is 2.45. The van der Waals surface area contributed by atoms with Crippen LogP contribution in [0.15, 0.2) is 29.6 Å². The third kappa shape index (κ3) is 4.21. The number of carbonyl (C=O) groups is 1. The van der Waals surface area contributed by atoms with Gasteiger partial charge >= 0.3 is 5.97 Å². The number of nitrogens with one attached hydrogen (secondary N) is 1. The summed E-state index contributed by atoms with van der Waals surface area (Å²) in [5.74, 6) is 0.510. The van der Waals surface area contributed by atoms with E-state index in [2.05, 4.69) is 43.2 Å². The number of aryl methyl sites for hydroxylation is 1. The Morgan fingerprint density at radius 3 is 2.76 bits per heavy atom. The van der Waals surface area contributed by atoms with Crippen LogP contribution in [-0.2, 0) is 15.1 Å². The molecule has 3 rings (SSSR count). The third-order valence-corrected chi connectivity index (χ3v) is 5.49. The quantitative estimate of drug-likeness (QED) is 0.702. The molecule has 1 saturated heterocycles. The molecule has 1 N–H and O–H groups in total. The van der Waals surface area contributed by atoms with Crippen molar-refractivity contribution in [3.8, 4) is 0 Å². The summed E-state index contributed by atoms with van der Waals surface area (Å²) in [6.45, 7) is 8.41. The Hall–Kier alpha value is -1.88. The van der Waals surface area contributed by atoms with Gasteiger partial charge in [-0.2, -0.15) is 0 Å². The molecule has 0 aliphatic carbocycles. The number of hydrogen-bond donors (Lipinski definition) is 1. The summed E-state index contributed by atoms with van der Waals surface area (Å²) in [7, 11) is 0. The van der Waals surface area contributed by atoms with Crippen molar-refractivity contribution in [1.29, 1.82) is 0 Å². The van der Waals surface area contributed by atoms with Gasteiger partial charge in [-0.1, -0.05) is 38.0 Å². The fraction of sp³-hybridized carbons (Fsp3) is 0.500. The number of anilines is 2. The van der Waals surface area contributed by atoms with E-state index in [0.29, 0.717) is 12.3 Å². The smallest absolute Gasteiger partial charge is 0.310 e. The van der Waals surface area contributed by atoms with E-state index in [1.165, 1.54) is 5.56 Å². The van der Waals surface area contributed by atoms with Crippen molar-refractivity contribution in [2.45, 2.75) is 52.6 Å². The average molecular weight is 359 g/mol. The van der Waals surface area contributed by atoms with Crippen LogP contribution < -0.4 is 5.32 Å². The van der Waals surface area contributed by atoms with E-state index in [0.717, 1.165) is 29.4 Å². The lowest BCUT2D eigenvalue weighted by Gasteiger charge is -2.20. The van der Waals surface area contributed by atoms with Crippen molar-refractivity contribution < 1.29 is 9.53 Å². The molecule has 1 aliphatic heterocycles. The van der Waals surface area contributed by atoms with E-state index in [-0.39, 0.29) is 11.9 Å². The lowest BCUT2D eigenvalue weighted by molar-refractivity contribution is -0.150. The monoisotopic (exact) mass is 358 g/mol. The number of nitrogens with zero attached hydrogens (tertiary/aromatic N) is 1. The predicted octanol–water partition coefficient (Wildman–Crippen LogP) is 5.41. The zero-order valence-electron chi connectivity index (χ0n) is 15.3. The van der Waals surface area contributed by atoms with Crippen LogP contribution in [0.4, 0.5) is 10.8 Å². The first-order chi connectivity index (χ1) is 11.9. The lowest BCUT2D eigenvalue weighted by Crippen LogP contribution is -2.21. The van der Waals surface area contributed by atoms with E-state index in [1.54, 1.807) is 11.3 Å². The largest absolute Gasteiger partial charge is 0.453 e. The van der Waals surface area contributed by atoms with Gasteiger partial charge in [-0.3, -0.25) is 4.79 Å². The summed E-state index contributed by atoms with van der Waals surface area (Å²) < 4.78 is 5.74. The number of carbonyl (C=O) groups excluding carboxylic acids is 1. The Balaban J connectivity index is 1.68. The summed E-state index contributed by atoms with van der Waals surface area (Å²) >= 11 is 1.54. The maximum Gasteiger partial charge on any atom is 0.310 e. The van der Waals surface area contributed by atoms with Crippen LogP contribution in [0.1, 0.15) is 51.3 Å². The minimum Gasteiger partial charge on any atom is -0.453 e. The maximum atomic E-state index is 12.2. The van der Waals surface area contributed by atoms with Gasteiger partial charge in [0.15, 0.2) is 10.7 Å². The van der Waals surface area contributed by atoms with E-state index in [4.69, 9.17) is 4.74 Å². The number of esters is 1. The molecule has 134 valence electrons. The minimum absolute atomic E-state index is 0.0115. The SMILES string of the molecule is Cc1ccc(Nc2nc([C@]3(C)C[C@H](CCC(C)C)C(=O)O3)cs2)cc1. The molecule has 0 radical (unpaired) electrons. The first-order valence-electron chi connectivity index (χ1n) is 8.88. The lowest BCUT2D eigenvalue weighted by atomic mass is 9.89. The summed E-state index contributed by atoms with van der Waals surface area (Å²) in [5, 5.41) is 6.14. The van der Waals surface area contributed by atoms with Crippen LogP contribution in [0.3, 0.4) is 0 Å². The molecule has 0 unspecified atom stereocenters. The van der Waals surface area contributed by atoms with Crippen LogP contribution in [0.5, 0.6) is 0 Å². The molecular formula is C20H26N2O2S. The topological polar surface area (TPSA) is 51.2 Å². The molecule has 0 bridgehead atoms. The summed E-state index contributed by atoms with van der Waals surface area (Å²) in [4.78, 5) is 16.9. The number of hydrogen-bond acceptors (Lipinski definition) is 5. The zero-order valence-corrected chi connectivity index (χ0v) is 16.2. The third-order valence-electron chi connectivity index (χ3n) is 4.74. The predicted molar refractivity (Wildman–Crippen MR) is 102 cm³/mol. The van der Waals surface area contributed by atoms with Crippen molar-refractivity contribution in [2.75, 3.05) is 5.32 Å². The molecule has 2 atom stereocenters. The van der Waals surface area contributed by atoms with Crippen molar-refractivity contribution in [3.05, 3.63) is 40.9 Å². The number of thiazole rings is 1. The number of cyclic esters (lactones) is 1. The van der Waals surface area contributed by atoms with Crippen molar-refractivity contribution in [3.63, 3.8) is 0 Å². The molecule has 4 nitrogen and oxygen atoms in total. The van der Waals surface area contributed by atoms with E-state index >= 15 is 0 Å². The first-order valence-corrected chi connectivity index (χ1v) is 9.76. The number of rotatable bonds is 6. The molecule has 1 aromatic carbocycles. The molecule has 0 spiro atoms. The van der Waals surface area contributed by atoms with Crippen LogP contribution in [0.2, 0.25) is 0 Å². The number of aromatic nitrogens is 1. The van der Waals surface area contributed by atoms with Gasteiger partial charge in [0.1, 0.15) is 0 Å². The van der Waals surface area contributed by atoms with E-state index in [1.807, 2.05) is 24.4 Å². The standard InChI is InChI=1S/C20H26N2O2S/c1-13(2)5-8-15-11-20(4,24-18(15)23)17-12-25-19(22-17)21-16-9-6-14(3)7-10-16/h6-7,9-10,12-13,15H,5,8,11H2,1-4H3,(H,21,22)/t15-,20-/m0/s1. The molecule has 1 aromatic heterocycles. The molecule has 1 aliphatic rings. The van der Waals surface area contributed by atoms with Gasteiger partial charge in [-0.25, -0.2) is 4.98 Å². The fourth-order valence-electron chi connectivity index (χ4n) is 3.15. The van der Waals surface area contributed by atoms with Gasteiger partial charge in [-0.05, 0) is 38.3 Å².